The molecule has 0 heterocycles. The van der Waals surface area contributed by atoms with E-state index in [0.717, 1.165) is 23.8 Å². The molecular formula is C14H10BrF2NO2. The van der Waals surface area contributed by atoms with Crippen LogP contribution in [0, 0.1) is 21.7 Å². The van der Waals surface area contributed by atoms with Gasteiger partial charge in [0.1, 0.15) is 11.6 Å². The van der Waals surface area contributed by atoms with Crippen molar-refractivity contribution in [1.82, 2.24) is 0 Å². The van der Waals surface area contributed by atoms with Gasteiger partial charge in [-0.3, -0.25) is 10.1 Å². The van der Waals surface area contributed by atoms with Crippen LogP contribution in [0.4, 0.5) is 14.5 Å². The first-order valence-electron chi connectivity index (χ1n) is 5.79. The first-order valence-corrected chi connectivity index (χ1v) is 6.71. The molecule has 0 saturated heterocycles. The number of alkyl halides is 1. The van der Waals surface area contributed by atoms with Gasteiger partial charge in [0.05, 0.1) is 4.92 Å². The highest BCUT2D eigenvalue weighted by Crippen LogP contribution is 2.30. The topological polar surface area (TPSA) is 43.1 Å². The van der Waals surface area contributed by atoms with E-state index < -0.39 is 21.4 Å². The predicted molar refractivity (Wildman–Crippen MR) is 74.8 cm³/mol. The van der Waals surface area contributed by atoms with Crippen molar-refractivity contribution in [2.24, 2.45) is 0 Å². The quantitative estimate of drug-likeness (QED) is 0.465. The third kappa shape index (κ3) is 3.39. The molecule has 2 rings (SSSR count). The van der Waals surface area contributed by atoms with Gasteiger partial charge < -0.3 is 0 Å². The molecular weight excluding hydrogens is 332 g/mol. The zero-order valence-electron chi connectivity index (χ0n) is 10.2. The molecule has 0 aliphatic rings. The lowest BCUT2D eigenvalue weighted by molar-refractivity contribution is -0.384. The molecule has 6 heteroatoms. The Morgan fingerprint density at radius 2 is 1.80 bits per heavy atom. The lowest BCUT2D eigenvalue weighted by Crippen LogP contribution is -2.00. The first-order chi connectivity index (χ1) is 9.47. The van der Waals surface area contributed by atoms with E-state index in [4.69, 9.17) is 0 Å². The minimum Gasteiger partial charge on any atom is -0.258 e. The summed E-state index contributed by atoms with van der Waals surface area (Å²) in [7, 11) is 0. The van der Waals surface area contributed by atoms with E-state index in [1.54, 1.807) is 12.1 Å². The van der Waals surface area contributed by atoms with Gasteiger partial charge in [0.2, 0.25) is 0 Å². The van der Waals surface area contributed by atoms with Crippen LogP contribution in [0.15, 0.2) is 42.5 Å². The standard InChI is InChI=1S/C14H10BrF2NO2/c15-13(12-8-10(16)3-6-14(12)17)7-9-1-4-11(5-2-9)18(19)20/h1-6,8,13H,7H2. The van der Waals surface area contributed by atoms with Crippen molar-refractivity contribution < 1.29 is 13.7 Å². The molecule has 0 radical (unpaired) electrons. The number of benzene rings is 2. The Bertz CT molecular complexity index is 632. The number of hydrogen-bond donors (Lipinski definition) is 0. The summed E-state index contributed by atoms with van der Waals surface area (Å²) < 4.78 is 26.7. The molecule has 0 bridgehead atoms. The zero-order chi connectivity index (χ0) is 14.7. The van der Waals surface area contributed by atoms with Gasteiger partial charge in [-0.1, -0.05) is 28.1 Å². The van der Waals surface area contributed by atoms with Crippen molar-refractivity contribution >= 4 is 21.6 Å². The summed E-state index contributed by atoms with van der Waals surface area (Å²) >= 11 is 3.31. The lowest BCUT2D eigenvalue weighted by Gasteiger charge is -2.11. The maximum absolute atomic E-state index is 13.6. The third-order valence-electron chi connectivity index (χ3n) is 2.86. The fourth-order valence-electron chi connectivity index (χ4n) is 1.83. The number of halogens is 3. The average Bonchev–Trinajstić information content (AvgIpc) is 2.42. The molecule has 0 aliphatic carbocycles. The molecule has 0 fully saturated rings. The molecule has 0 aliphatic heterocycles. The summed E-state index contributed by atoms with van der Waals surface area (Å²) in [6, 6.07) is 9.25. The summed E-state index contributed by atoms with van der Waals surface area (Å²) in [6.45, 7) is 0. The Labute approximate surface area is 122 Å². The SMILES string of the molecule is O=[N+]([O-])c1ccc(CC(Br)c2cc(F)ccc2F)cc1. The van der Waals surface area contributed by atoms with Crippen LogP contribution in [0.5, 0.6) is 0 Å². The number of non-ortho nitro benzene ring substituents is 1. The molecule has 0 N–H and O–H groups in total. The van der Waals surface area contributed by atoms with Crippen molar-refractivity contribution in [3.63, 3.8) is 0 Å². The molecule has 0 spiro atoms. The summed E-state index contributed by atoms with van der Waals surface area (Å²) in [4.78, 5) is 9.66. The number of nitrogens with zero attached hydrogens (tertiary/aromatic N) is 1. The maximum atomic E-state index is 13.6. The van der Waals surface area contributed by atoms with Crippen LogP contribution in [0.25, 0.3) is 0 Å². The number of hydrogen-bond acceptors (Lipinski definition) is 2. The Hall–Kier alpha value is -1.82. The number of nitro benzene ring substituents is 1. The molecule has 0 aromatic heterocycles. The van der Waals surface area contributed by atoms with E-state index in [2.05, 4.69) is 15.9 Å². The normalized spacial score (nSPS) is 12.2. The van der Waals surface area contributed by atoms with Crippen LogP contribution in [-0.2, 0) is 6.42 Å². The van der Waals surface area contributed by atoms with Gasteiger partial charge in [-0.2, -0.15) is 0 Å². The molecule has 0 saturated carbocycles. The van der Waals surface area contributed by atoms with Crippen LogP contribution < -0.4 is 0 Å². The monoisotopic (exact) mass is 341 g/mol. The highest BCUT2D eigenvalue weighted by Gasteiger charge is 2.15. The highest BCUT2D eigenvalue weighted by atomic mass is 79.9. The van der Waals surface area contributed by atoms with E-state index in [1.165, 1.54) is 12.1 Å². The van der Waals surface area contributed by atoms with E-state index >= 15 is 0 Å². The van der Waals surface area contributed by atoms with Gasteiger partial charge in [0.25, 0.3) is 5.69 Å². The third-order valence-corrected chi connectivity index (χ3v) is 3.67. The molecule has 3 nitrogen and oxygen atoms in total. The van der Waals surface area contributed by atoms with Gasteiger partial charge in [-0.15, -0.1) is 0 Å². The van der Waals surface area contributed by atoms with E-state index in [9.17, 15) is 18.9 Å². The van der Waals surface area contributed by atoms with Gasteiger partial charge in [-0.25, -0.2) is 8.78 Å². The van der Waals surface area contributed by atoms with Crippen molar-refractivity contribution in [2.45, 2.75) is 11.2 Å². The Balaban J connectivity index is 2.16. The second-order valence-corrected chi connectivity index (χ2v) is 5.37. The number of nitro groups is 1. The van der Waals surface area contributed by atoms with Crippen molar-refractivity contribution in [3.8, 4) is 0 Å². The predicted octanol–water partition coefficient (Wildman–Crippen LogP) is 4.55. The minimum atomic E-state index is -0.505. The van der Waals surface area contributed by atoms with E-state index in [-0.39, 0.29) is 11.3 Å². The largest absolute Gasteiger partial charge is 0.269 e. The molecule has 2 aromatic rings. The van der Waals surface area contributed by atoms with Gasteiger partial charge in [0, 0.05) is 22.5 Å². The Morgan fingerprint density at radius 1 is 1.15 bits per heavy atom. The molecule has 2 aromatic carbocycles. The van der Waals surface area contributed by atoms with Gasteiger partial charge in [0.15, 0.2) is 0 Å². The van der Waals surface area contributed by atoms with Crippen molar-refractivity contribution in [3.05, 3.63) is 75.3 Å². The van der Waals surface area contributed by atoms with Crippen LogP contribution in [0.3, 0.4) is 0 Å². The van der Waals surface area contributed by atoms with Crippen molar-refractivity contribution in [1.29, 1.82) is 0 Å². The van der Waals surface area contributed by atoms with E-state index in [0.29, 0.717) is 6.42 Å². The zero-order valence-corrected chi connectivity index (χ0v) is 11.8. The van der Waals surface area contributed by atoms with Crippen LogP contribution >= 0.6 is 15.9 Å². The molecule has 1 atom stereocenters. The average molecular weight is 342 g/mol. The molecule has 20 heavy (non-hydrogen) atoms. The highest BCUT2D eigenvalue weighted by molar-refractivity contribution is 9.09. The summed E-state index contributed by atoms with van der Waals surface area (Å²) in [5.74, 6) is -0.996. The van der Waals surface area contributed by atoms with Crippen molar-refractivity contribution in [2.75, 3.05) is 0 Å². The molecule has 0 amide bonds. The Morgan fingerprint density at radius 3 is 2.40 bits per heavy atom. The second-order valence-electron chi connectivity index (χ2n) is 4.26. The van der Waals surface area contributed by atoms with Crippen LogP contribution in [0.2, 0.25) is 0 Å². The number of rotatable bonds is 4. The second kappa shape index (κ2) is 6.09. The Kier molecular flexibility index (Phi) is 4.44. The smallest absolute Gasteiger partial charge is 0.258 e. The first kappa shape index (κ1) is 14.6. The summed E-state index contributed by atoms with van der Waals surface area (Å²) in [5.41, 5.74) is 1.02. The molecule has 1 unspecified atom stereocenters. The molecule has 104 valence electrons. The minimum absolute atomic E-state index is 0.00296. The fraction of sp³-hybridized carbons (Fsp3) is 0.143. The van der Waals surface area contributed by atoms with E-state index in [1.807, 2.05) is 0 Å². The summed E-state index contributed by atoms with van der Waals surface area (Å²) in [6.07, 6.45) is 0.401. The van der Waals surface area contributed by atoms with Crippen LogP contribution in [0.1, 0.15) is 16.0 Å². The lowest BCUT2D eigenvalue weighted by atomic mass is 10.0. The van der Waals surface area contributed by atoms with Gasteiger partial charge in [-0.05, 0) is 30.2 Å². The van der Waals surface area contributed by atoms with Crippen LogP contribution in [-0.4, -0.2) is 4.92 Å². The van der Waals surface area contributed by atoms with Gasteiger partial charge >= 0.3 is 0 Å². The fourth-order valence-corrected chi connectivity index (χ4v) is 2.55. The summed E-state index contributed by atoms with van der Waals surface area (Å²) in [5, 5.41) is 10.5. The maximum Gasteiger partial charge on any atom is 0.269 e.